The fraction of sp³-hybridized carbons (Fsp3) is 0.429. The van der Waals surface area contributed by atoms with Gasteiger partial charge in [-0.3, -0.25) is 4.98 Å². The van der Waals surface area contributed by atoms with Crippen molar-refractivity contribution in [2.45, 2.75) is 38.8 Å². The van der Waals surface area contributed by atoms with Crippen molar-refractivity contribution in [1.82, 2.24) is 15.0 Å². The zero-order chi connectivity index (χ0) is 18.4. The van der Waals surface area contributed by atoms with Crippen LogP contribution in [0.4, 0.5) is 5.69 Å². The average Bonchev–Trinajstić information content (AvgIpc) is 3.33. The predicted octanol–water partition coefficient (Wildman–Crippen LogP) is 2.97. The minimum absolute atomic E-state index is 0.179. The predicted molar refractivity (Wildman–Crippen MR) is 105 cm³/mol. The van der Waals surface area contributed by atoms with Crippen LogP contribution in [0.2, 0.25) is 0 Å². The number of nitrogens with zero attached hydrogens (tertiary/aromatic N) is 3. The Hall–Kier alpha value is -2.44. The number of anilines is 1. The van der Waals surface area contributed by atoms with Crippen molar-refractivity contribution in [2.75, 3.05) is 24.7 Å². The number of aromatic nitrogens is 3. The molecule has 0 radical (unpaired) electrons. The second-order valence-electron chi connectivity index (χ2n) is 7.52. The largest absolute Gasteiger partial charge is 0.394 e. The molecule has 0 amide bonds. The van der Waals surface area contributed by atoms with Gasteiger partial charge in [-0.2, -0.15) is 0 Å². The first kappa shape index (κ1) is 16.7. The zero-order valence-corrected chi connectivity index (χ0v) is 15.5. The maximum atomic E-state index is 9.81. The van der Waals surface area contributed by atoms with Gasteiger partial charge in [0.05, 0.1) is 37.3 Å². The number of aryl methyl sites for hydroxylation is 1. The Morgan fingerprint density at radius 2 is 2.30 bits per heavy atom. The Bertz CT molecular complexity index is 997. The molecular formula is C21H24N4O2. The minimum atomic E-state index is 0.179. The Kier molecular flexibility index (Phi) is 4.10. The van der Waals surface area contributed by atoms with Gasteiger partial charge < -0.3 is 19.7 Å². The zero-order valence-electron chi connectivity index (χ0n) is 15.5. The number of hydrogen-bond acceptors (Lipinski definition) is 5. The van der Waals surface area contributed by atoms with Crippen molar-refractivity contribution >= 4 is 16.7 Å². The van der Waals surface area contributed by atoms with Gasteiger partial charge in [-0.25, -0.2) is 4.98 Å². The van der Waals surface area contributed by atoms with Gasteiger partial charge in [0.1, 0.15) is 5.65 Å². The van der Waals surface area contributed by atoms with E-state index in [0.717, 1.165) is 59.5 Å². The molecule has 2 N–H and O–H groups in total. The summed E-state index contributed by atoms with van der Waals surface area (Å²) in [5.41, 5.74) is 7.52. The molecule has 6 nitrogen and oxygen atoms in total. The van der Waals surface area contributed by atoms with E-state index in [1.807, 2.05) is 12.4 Å². The van der Waals surface area contributed by atoms with E-state index in [2.05, 4.69) is 33.9 Å². The molecule has 1 unspecified atom stereocenters. The molecule has 2 aliphatic heterocycles. The topological polar surface area (TPSA) is 74.3 Å². The van der Waals surface area contributed by atoms with E-state index in [4.69, 9.17) is 9.72 Å². The van der Waals surface area contributed by atoms with E-state index in [-0.39, 0.29) is 12.6 Å². The van der Waals surface area contributed by atoms with Crippen LogP contribution in [0.5, 0.6) is 0 Å². The van der Waals surface area contributed by atoms with Gasteiger partial charge in [0.15, 0.2) is 0 Å². The number of aliphatic hydroxyl groups is 1. The molecule has 140 valence electrons. The molecule has 0 aromatic carbocycles. The number of rotatable bonds is 3. The van der Waals surface area contributed by atoms with Crippen molar-refractivity contribution in [3.8, 4) is 11.3 Å². The van der Waals surface area contributed by atoms with E-state index >= 15 is 0 Å². The summed E-state index contributed by atoms with van der Waals surface area (Å²) in [6.07, 6.45) is 6.84. The number of aliphatic hydroxyl groups excluding tert-OH is 1. The lowest BCUT2D eigenvalue weighted by Crippen LogP contribution is -2.33. The highest BCUT2D eigenvalue weighted by atomic mass is 16.5. The summed E-state index contributed by atoms with van der Waals surface area (Å²) >= 11 is 0. The quantitative estimate of drug-likeness (QED) is 0.747. The van der Waals surface area contributed by atoms with Crippen LogP contribution in [0, 0.1) is 6.92 Å². The molecule has 1 saturated heterocycles. The molecule has 0 aliphatic carbocycles. The molecule has 1 atom stereocenters. The van der Waals surface area contributed by atoms with Gasteiger partial charge in [-0.05, 0) is 37.5 Å². The second kappa shape index (κ2) is 6.62. The van der Waals surface area contributed by atoms with E-state index in [9.17, 15) is 5.11 Å². The van der Waals surface area contributed by atoms with Crippen molar-refractivity contribution in [3.63, 3.8) is 0 Å². The number of aromatic amines is 1. The summed E-state index contributed by atoms with van der Waals surface area (Å²) < 4.78 is 5.73. The number of nitrogens with one attached hydrogen (secondary N) is 1. The SMILES string of the molecule is Cc1c[nH]c2ncc(-c3cc(N4CCCC4CO)c4c(n3)CCOC4)cc12. The Balaban J connectivity index is 1.66. The summed E-state index contributed by atoms with van der Waals surface area (Å²) in [6, 6.07) is 4.50. The lowest BCUT2D eigenvalue weighted by Gasteiger charge is -2.30. The van der Waals surface area contributed by atoms with Crippen LogP contribution < -0.4 is 4.90 Å². The maximum absolute atomic E-state index is 9.81. The summed E-state index contributed by atoms with van der Waals surface area (Å²) in [7, 11) is 0. The van der Waals surface area contributed by atoms with Gasteiger partial charge in [0.2, 0.25) is 0 Å². The third-order valence-electron chi connectivity index (χ3n) is 5.85. The first-order valence-electron chi connectivity index (χ1n) is 9.66. The molecular weight excluding hydrogens is 340 g/mol. The standard InChI is InChI=1S/C21H24N4O2/c1-13-9-22-21-16(13)7-14(10-23-21)19-8-20(25-5-2-3-15(25)11-26)17-12-27-6-4-18(17)24-19/h7-10,15,26H,2-6,11-12H2,1H3,(H,22,23). The highest BCUT2D eigenvalue weighted by molar-refractivity contribution is 5.84. The van der Waals surface area contributed by atoms with Gasteiger partial charge in [-0.15, -0.1) is 0 Å². The monoisotopic (exact) mass is 364 g/mol. The summed E-state index contributed by atoms with van der Waals surface area (Å²) in [4.78, 5) is 15.1. The second-order valence-corrected chi connectivity index (χ2v) is 7.52. The normalized spacial score (nSPS) is 19.6. The van der Waals surface area contributed by atoms with E-state index in [1.54, 1.807) is 0 Å². The van der Waals surface area contributed by atoms with Crippen LogP contribution >= 0.6 is 0 Å². The molecule has 6 heteroatoms. The van der Waals surface area contributed by atoms with Crippen molar-refractivity contribution < 1.29 is 9.84 Å². The van der Waals surface area contributed by atoms with E-state index in [0.29, 0.717) is 13.2 Å². The molecule has 0 spiro atoms. The molecule has 2 aliphatic rings. The van der Waals surface area contributed by atoms with Crippen molar-refractivity contribution in [1.29, 1.82) is 0 Å². The molecule has 0 saturated carbocycles. The van der Waals surface area contributed by atoms with Gasteiger partial charge in [0.25, 0.3) is 0 Å². The van der Waals surface area contributed by atoms with E-state index in [1.165, 1.54) is 11.1 Å². The van der Waals surface area contributed by atoms with Crippen LogP contribution in [0.1, 0.15) is 29.7 Å². The number of H-pyrrole nitrogens is 1. The van der Waals surface area contributed by atoms with Crippen molar-refractivity contribution in [3.05, 3.63) is 41.3 Å². The fourth-order valence-electron chi connectivity index (χ4n) is 4.34. The molecule has 27 heavy (non-hydrogen) atoms. The highest BCUT2D eigenvalue weighted by Crippen LogP contribution is 2.36. The third kappa shape index (κ3) is 2.80. The molecule has 5 rings (SSSR count). The first-order chi connectivity index (χ1) is 13.2. The lowest BCUT2D eigenvalue weighted by atomic mass is 10.0. The third-order valence-corrected chi connectivity index (χ3v) is 5.85. The number of hydrogen-bond donors (Lipinski definition) is 2. The molecule has 5 heterocycles. The Morgan fingerprint density at radius 1 is 1.37 bits per heavy atom. The van der Waals surface area contributed by atoms with Crippen LogP contribution in [0.25, 0.3) is 22.3 Å². The Morgan fingerprint density at radius 3 is 3.19 bits per heavy atom. The molecule has 3 aromatic rings. The molecule has 3 aromatic heterocycles. The summed E-state index contributed by atoms with van der Waals surface area (Å²) in [5, 5.41) is 10.9. The summed E-state index contributed by atoms with van der Waals surface area (Å²) in [5.74, 6) is 0. The smallest absolute Gasteiger partial charge is 0.137 e. The van der Waals surface area contributed by atoms with Crippen LogP contribution in [-0.4, -0.2) is 45.9 Å². The molecule has 1 fully saturated rings. The minimum Gasteiger partial charge on any atom is -0.394 e. The lowest BCUT2D eigenvalue weighted by molar-refractivity contribution is 0.109. The number of fused-ring (bicyclic) bond motifs is 2. The van der Waals surface area contributed by atoms with Crippen LogP contribution in [0.15, 0.2) is 24.5 Å². The first-order valence-corrected chi connectivity index (χ1v) is 9.66. The number of ether oxygens (including phenoxy) is 1. The van der Waals surface area contributed by atoms with Gasteiger partial charge in [-0.1, -0.05) is 0 Å². The highest BCUT2D eigenvalue weighted by Gasteiger charge is 2.29. The summed E-state index contributed by atoms with van der Waals surface area (Å²) in [6.45, 7) is 4.55. The number of pyridine rings is 2. The average molecular weight is 364 g/mol. The maximum Gasteiger partial charge on any atom is 0.137 e. The van der Waals surface area contributed by atoms with E-state index < -0.39 is 0 Å². The van der Waals surface area contributed by atoms with Crippen LogP contribution in [-0.2, 0) is 17.8 Å². The fourth-order valence-corrected chi connectivity index (χ4v) is 4.34. The molecule has 0 bridgehead atoms. The van der Waals surface area contributed by atoms with Gasteiger partial charge in [0, 0.05) is 47.6 Å². The van der Waals surface area contributed by atoms with Crippen molar-refractivity contribution in [2.24, 2.45) is 0 Å². The Labute approximate surface area is 158 Å². The van der Waals surface area contributed by atoms with Crippen LogP contribution in [0.3, 0.4) is 0 Å². The van der Waals surface area contributed by atoms with Gasteiger partial charge >= 0.3 is 0 Å².